The molecule has 1 aliphatic carbocycles. The molecular formula is C20H20FN5O2S. The van der Waals surface area contributed by atoms with Gasteiger partial charge in [-0.2, -0.15) is 5.26 Å². The number of rotatable bonds is 4. The van der Waals surface area contributed by atoms with Crippen LogP contribution in [0.25, 0.3) is 6.08 Å². The average molecular weight is 413 g/mol. The van der Waals surface area contributed by atoms with Crippen LogP contribution < -0.4 is 10.0 Å². The van der Waals surface area contributed by atoms with Crippen molar-refractivity contribution in [3.05, 3.63) is 53.1 Å². The van der Waals surface area contributed by atoms with E-state index in [4.69, 9.17) is 10.0 Å². The van der Waals surface area contributed by atoms with Crippen LogP contribution in [0.3, 0.4) is 0 Å². The van der Waals surface area contributed by atoms with Crippen LogP contribution in [0.1, 0.15) is 40.9 Å². The highest BCUT2D eigenvalue weighted by molar-refractivity contribution is 7.90. The number of hydrogen-bond donors (Lipinski definition) is 3. The molecule has 2 aromatic rings. The Balaban J connectivity index is 1.68. The molecule has 1 amide bonds. The van der Waals surface area contributed by atoms with Crippen molar-refractivity contribution in [2.75, 3.05) is 5.32 Å². The lowest BCUT2D eigenvalue weighted by Gasteiger charge is -2.14. The van der Waals surface area contributed by atoms with Crippen LogP contribution in [0.5, 0.6) is 0 Å². The fraction of sp³-hybridized carbons (Fsp3) is 0.300. The highest BCUT2D eigenvalue weighted by Gasteiger charge is 2.31. The topological polar surface area (TPSA) is 111 Å². The first-order valence-corrected chi connectivity index (χ1v) is 10.8. The van der Waals surface area contributed by atoms with E-state index in [1.54, 1.807) is 19.2 Å². The Labute approximate surface area is 168 Å². The van der Waals surface area contributed by atoms with Gasteiger partial charge in [-0.1, -0.05) is 25.0 Å². The number of aryl methyl sites for hydroxylation is 1. The Morgan fingerprint density at radius 2 is 2.24 bits per heavy atom. The number of aromatic nitrogens is 1. The number of nitrogens with one attached hydrogen (secondary N) is 3. The number of carbonyl (C=O) groups is 1. The maximum Gasteiger partial charge on any atom is 0.272 e. The summed E-state index contributed by atoms with van der Waals surface area (Å²) in [6, 6.07) is 5.29. The number of halogens is 1. The molecule has 3 N–H and O–H groups in total. The molecule has 1 aromatic heterocycles. The third-order valence-electron chi connectivity index (χ3n) is 5.15. The quantitative estimate of drug-likeness (QED) is 0.714. The smallest absolute Gasteiger partial charge is 0.272 e. The zero-order valence-electron chi connectivity index (χ0n) is 15.7. The standard InChI is InChI=1S/C20H20FN5O2S/c1-26-11-18-16(6-4-15(8-12-2-3-12)25-29(18,23)28)19(26)20(27)24-14-5-7-17(21)13(9-14)10-22/h4-7,9,11-12,15H,2-3,8H2,1H3,(H,24,27)(H2,23,25,28)/t15-,29?/m1/s1. The summed E-state index contributed by atoms with van der Waals surface area (Å²) in [4.78, 5) is 13.2. The van der Waals surface area contributed by atoms with Gasteiger partial charge in [-0.15, -0.1) is 0 Å². The number of nitriles is 1. The first kappa shape index (κ1) is 19.4. The van der Waals surface area contributed by atoms with E-state index >= 15 is 0 Å². The van der Waals surface area contributed by atoms with Gasteiger partial charge < -0.3 is 9.88 Å². The van der Waals surface area contributed by atoms with Gasteiger partial charge in [0.2, 0.25) is 0 Å². The summed E-state index contributed by atoms with van der Waals surface area (Å²) in [5.74, 6) is -0.570. The molecule has 2 aliphatic rings. The SMILES string of the molecule is Cn1cc2c(c1C(=O)Nc1ccc(F)c(C#N)c1)C=C[C@H](CC1CC1)NS2(=N)=O. The molecule has 2 atom stereocenters. The Hall–Kier alpha value is -2.96. The van der Waals surface area contributed by atoms with Crippen molar-refractivity contribution >= 4 is 27.6 Å². The molecule has 1 aromatic carbocycles. The molecule has 0 radical (unpaired) electrons. The summed E-state index contributed by atoms with van der Waals surface area (Å²) in [7, 11) is -1.64. The number of benzene rings is 1. The predicted octanol–water partition coefficient (Wildman–Crippen LogP) is 3.39. The number of nitrogens with zero attached hydrogens (tertiary/aromatic N) is 2. The molecular weight excluding hydrogens is 393 g/mol. The van der Waals surface area contributed by atoms with Crippen LogP contribution in [0.2, 0.25) is 0 Å². The molecule has 1 fully saturated rings. The van der Waals surface area contributed by atoms with Crippen molar-refractivity contribution in [1.82, 2.24) is 9.29 Å². The van der Waals surface area contributed by atoms with E-state index in [-0.39, 0.29) is 27.9 Å². The van der Waals surface area contributed by atoms with Gasteiger partial charge in [-0.25, -0.2) is 18.1 Å². The second-order valence-corrected chi connectivity index (χ2v) is 9.23. The highest BCUT2D eigenvalue weighted by Crippen LogP contribution is 2.35. The van der Waals surface area contributed by atoms with Crippen LogP contribution >= 0.6 is 0 Å². The minimum atomic E-state index is -3.28. The first-order valence-electron chi connectivity index (χ1n) is 9.23. The summed E-state index contributed by atoms with van der Waals surface area (Å²) in [6.07, 6.45) is 8.25. The largest absolute Gasteiger partial charge is 0.345 e. The van der Waals surface area contributed by atoms with Crippen molar-refractivity contribution in [3.63, 3.8) is 0 Å². The van der Waals surface area contributed by atoms with Gasteiger partial charge in [-0.3, -0.25) is 4.79 Å². The molecule has 29 heavy (non-hydrogen) atoms. The molecule has 4 rings (SSSR count). The summed E-state index contributed by atoms with van der Waals surface area (Å²) in [5.41, 5.74) is 0.776. The lowest BCUT2D eigenvalue weighted by atomic mass is 10.1. The molecule has 9 heteroatoms. The number of hydrogen-bond acceptors (Lipinski definition) is 4. The predicted molar refractivity (Wildman–Crippen MR) is 107 cm³/mol. The van der Waals surface area contributed by atoms with Crippen LogP contribution in [0, 0.1) is 27.8 Å². The zero-order chi connectivity index (χ0) is 20.8. The molecule has 1 saturated carbocycles. The summed E-state index contributed by atoms with van der Waals surface area (Å²) in [5, 5.41) is 11.6. The second-order valence-electron chi connectivity index (χ2n) is 7.45. The van der Waals surface area contributed by atoms with Gasteiger partial charge in [0.25, 0.3) is 5.91 Å². The monoisotopic (exact) mass is 413 g/mol. The number of fused-ring (bicyclic) bond motifs is 1. The Kier molecular flexibility index (Phi) is 4.76. The van der Waals surface area contributed by atoms with E-state index in [1.165, 1.54) is 22.9 Å². The molecule has 1 unspecified atom stereocenters. The van der Waals surface area contributed by atoms with Gasteiger partial charge in [0.1, 0.15) is 27.5 Å². The van der Waals surface area contributed by atoms with Crippen LogP contribution in [-0.2, 0) is 17.0 Å². The summed E-state index contributed by atoms with van der Waals surface area (Å²) in [6.45, 7) is 0. The molecule has 7 nitrogen and oxygen atoms in total. The van der Waals surface area contributed by atoms with Crippen molar-refractivity contribution in [2.24, 2.45) is 13.0 Å². The lowest BCUT2D eigenvalue weighted by molar-refractivity contribution is 0.101. The average Bonchev–Trinajstić information content (AvgIpc) is 3.42. The van der Waals surface area contributed by atoms with Gasteiger partial charge >= 0.3 is 0 Å². The highest BCUT2D eigenvalue weighted by atomic mass is 32.2. The number of anilines is 1. The van der Waals surface area contributed by atoms with E-state index in [9.17, 15) is 13.4 Å². The normalized spacial score (nSPS) is 23.1. The number of carbonyl (C=O) groups excluding carboxylic acids is 1. The molecule has 150 valence electrons. The van der Waals surface area contributed by atoms with E-state index in [1.807, 2.05) is 6.08 Å². The van der Waals surface area contributed by atoms with E-state index in [0.29, 0.717) is 11.5 Å². The summed E-state index contributed by atoms with van der Waals surface area (Å²) < 4.78 is 39.3. The van der Waals surface area contributed by atoms with Crippen molar-refractivity contribution in [2.45, 2.75) is 30.2 Å². The minimum absolute atomic E-state index is 0.172. The Morgan fingerprint density at radius 1 is 1.48 bits per heavy atom. The molecule has 0 saturated heterocycles. The van der Waals surface area contributed by atoms with E-state index < -0.39 is 21.6 Å². The lowest BCUT2D eigenvalue weighted by Crippen LogP contribution is -2.32. The van der Waals surface area contributed by atoms with Crippen LogP contribution in [-0.4, -0.2) is 20.7 Å². The fourth-order valence-electron chi connectivity index (χ4n) is 3.54. The third-order valence-corrected chi connectivity index (χ3v) is 6.73. The van der Waals surface area contributed by atoms with E-state index in [0.717, 1.165) is 25.3 Å². The zero-order valence-corrected chi connectivity index (χ0v) is 16.6. The van der Waals surface area contributed by atoms with Crippen molar-refractivity contribution < 1.29 is 13.4 Å². The molecule has 2 heterocycles. The van der Waals surface area contributed by atoms with Crippen LogP contribution in [0.15, 0.2) is 35.4 Å². The van der Waals surface area contributed by atoms with Crippen molar-refractivity contribution in [1.29, 1.82) is 10.0 Å². The Morgan fingerprint density at radius 3 is 2.93 bits per heavy atom. The molecule has 1 aliphatic heterocycles. The number of amides is 1. The Bertz CT molecular complexity index is 1170. The van der Waals surface area contributed by atoms with Gasteiger partial charge in [0.15, 0.2) is 0 Å². The first-order chi connectivity index (χ1) is 13.8. The maximum atomic E-state index is 13.5. The maximum absolute atomic E-state index is 13.5. The van der Waals surface area contributed by atoms with Gasteiger partial charge in [0, 0.05) is 30.5 Å². The molecule has 0 bridgehead atoms. The van der Waals surface area contributed by atoms with E-state index in [2.05, 4.69) is 10.0 Å². The summed E-state index contributed by atoms with van der Waals surface area (Å²) >= 11 is 0. The van der Waals surface area contributed by atoms with Gasteiger partial charge in [-0.05, 0) is 30.5 Å². The minimum Gasteiger partial charge on any atom is -0.345 e. The molecule has 0 spiro atoms. The second kappa shape index (κ2) is 7.13. The van der Waals surface area contributed by atoms with Gasteiger partial charge in [0.05, 0.1) is 10.5 Å². The fourth-order valence-corrected chi connectivity index (χ4v) is 5.05. The van der Waals surface area contributed by atoms with Crippen molar-refractivity contribution in [3.8, 4) is 6.07 Å². The third kappa shape index (κ3) is 3.81. The van der Waals surface area contributed by atoms with Crippen LogP contribution in [0.4, 0.5) is 10.1 Å².